The van der Waals surface area contributed by atoms with E-state index in [1.165, 1.54) is 0 Å². The van der Waals surface area contributed by atoms with E-state index in [0.29, 0.717) is 31.1 Å². The molecule has 0 aromatic heterocycles. The third-order valence-electron chi connectivity index (χ3n) is 9.24. The zero-order chi connectivity index (χ0) is 42.3. The van der Waals surface area contributed by atoms with Gasteiger partial charge in [0.1, 0.15) is 69.4 Å². The molecule has 0 saturated carbocycles. The van der Waals surface area contributed by atoms with Crippen LogP contribution in [0.2, 0.25) is 0 Å². The van der Waals surface area contributed by atoms with E-state index in [4.69, 9.17) is 37.9 Å². The standard InChI is InChI=1S/C29H28O9.C15H19NO5/c1-29(19-37-28(32)38-20-29)27(31)34-15-14-33-26(30)23-12-13-24(35-17-21-8-4-2-5-9-21)25(16-23)36-18-22-10-6-3-7-11-22;1-10-7-11(3-4-12(10)17)5-6-16-13(18)15(2)8-20-14(19)21-9-15/h2-13,16H,14-15,17-20H2,1H3;3-4,7,17H,5-6,8-9H2,1-2H3,(H,16,18). The molecule has 2 N–H and O–H groups in total. The van der Waals surface area contributed by atoms with E-state index < -0.39 is 35.1 Å². The van der Waals surface area contributed by atoms with Crippen molar-refractivity contribution in [3.8, 4) is 17.2 Å². The molecule has 2 saturated heterocycles. The molecule has 15 heteroatoms. The highest BCUT2D eigenvalue weighted by molar-refractivity contribution is 5.90. The molecule has 1 amide bonds. The summed E-state index contributed by atoms with van der Waals surface area (Å²) >= 11 is 0. The number of carbonyl (C=O) groups is 5. The third-order valence-corrected chi connectivity index (χ3v) is 9.24. The number of amides is 1. The second kappa shape index (κ2) is 20.6. The topological polar surface area (TPSA) is 191 Å². The number of ether oxygens (including phenoxy) is 8. The highest BCUT2D eigenvalue weighted by Crippen LogP contribution is 2.31. The van der Waals surface area contributed by atoms with Gasteiger partial charge in [-0.25, -0.2) is 14.4 Å². The van der Waals surface area contributed by atoms with Gasteiger partial charge in [0.25, 0.3) is 0 Å². The number of carbonyl (C=O) groups excluding carboxylic acids is 5. The van der Waals surface area contributed by atoms with Crippen molar-refractivity contribution in [2.24, 2.45) is 10.8 Å². The van der Waals surface area contributed by atoms with Crippen LogP contribution < -0.4 is 14.8 Å². The van der Waals surface area contributed by atoms with E-state index in [-0.39, 0.29) is 63.5 Å². The van der Waals surface area contributed by atoms with Crippen molar-refractivity contribution in [2.45, 2.75) is 40.4 Å². The van der Waals surface area contributed by atoms with Gasteiger partial charge in [0.05, 0.1) is 5.56 Å². The number of aromatic hydroxyl groups is 1. The van der Waals surface area contributed by atoms with Crippen molar-refractivity contribution in [3.63, 3.8) is 0 Å². The Bertz CT molecular complexity index is 2050. The molecular formula is C44H47NO14. The summed E-state index contributed by atoms with van der Waals surface area (Å²) in [6.07, 6.45) is -0.906. The van der Waals surface area contributed by atoms with Gasteiger partial charge in [0.15, 0.2) is 11.5 Å². The molecule has 59 heavy (non-hydrogen) atoms. The maximum absolute atomic E-state index is 12.7. The molecule has 2 fully saturated rings. The van der Waals surface area contributed by atoms with Gasteiger partial charge >= 0.3 is 24.2 Å². The molecule has 2 aliphatic heterocycles. The van der Waals surface area contributed by atoms with E-state index in [9.17, 15) is 29.1 Å². The number of benzene rings is 4. The number of esters is 2. The molecule has 0 unspecified atom stereocenters. The average molecular weight is 814 g/mol. The Morgan fingerprint density at radius 3 is 1.78 bits per heavy atom. The van der Waals surface area contributed by atoms with Gasteiger partial charge in [-0.15, -0.1) is 0 Å². The molecule has 2 aliphatic rings. The fraction of sp³-hybridized carbons (Fsp3) is 0.341. The van der Waals surface area contributed by atoms with Crippen LogP contribution >= 0.6 is 0 Å². The molecule has 0 radical (unpaired) electrons. The summed E-state index contributed by atoms with van der Waals surface area (Å²) in [6, 6.07) is 29.5. The van der Waals surface area contributed by atoms with E-state index >= 15 is 0 Å². The maximum Gasteiger partial charge on any atom is 0.508 e. The summed E-state index contributed by atoms with van der Waals surface area (Å²) in [5, 5.41) is 12.3. The molecule has 0 aliphatic carbocycles. The Kier molecular flexibility index (Phi) is 15.1. The lowest BCUT2D eigenvalue weighted by Crippen LogP contribution is -2.49. The van der Waals surface area contributed by atoms with E-state index in [1.54, 1.807) is 38.1 Å². The lowest BCUT2D eigenvalue weighted by Gasteiger charge is -2.30. The summed E-state index contributed by atoms with van der Waals surface area (Å²) < 4.78 is 41.5. The third kappa shape index (κ3) is 12.9. The lowest BCUT2D eigenvalue weighted by molar-refractivity contribution is -0.167. The van der Waals surface area contributed by atoms with Crippen molar-refractivity contribution in [2.75, 3.05) is 46.2 Å². The lowest BCUT2D eigenvalue weighted by atomic mass is 9.91. The number of rotatable bonds is 15. The number of nitrogens with one attached hydrogen (secondary N) is 1. The fourth-order valence-electron chi connectivity index (χ4n) is 5.56. The van der Waals surface area contributed by atoms with Crippen molar-refractivity contribution in [1.82, 2.24) is 5.32 Å². The van der Waals surface area contributed by atoms with E-state index in [0.717, 1.165) is 22.3 Å². The summed E-state index contributed by atoms with van der Waals surface area (Å²) in [5.74, 6) is -0.287. The van der Waals surface area contributed by atoms with Gasteiger partial charge in [0.2, 0.25) is 5.91 Å². The first-order valence-corrected chi connectivity index (χ1v) is 18.8. The molecule has 312 valence electrons. The maximum atomic E-state index is 12.7. The Morgan fingerprint density at radius 1 is 0.661 bits per heavy atom. The van der Waals surface area contributed by atoms with Crippen LogP contribution in [0.5, 0.6) is 17.2 Å². The highest BCUT2D eigenvalue weighted by Gasteiger charge is 2.42. The fourth-order valence-corrected chi connectivity index (χ4v) is 5.56. The van der Waals surface area contributed by atoms with E-state index in [1.807, 2.05) is 79.7 Å². The molecular weight excluding hydrogens is 766 g/mol. The van der Waals surface area contributed by atoms with Gasteiger partial charge in [0, 0.05) is 6.54 Å². The molecule has 4 aromatic carbocycles. The molecule has 0 spiro atoms. The summed E-state index contributed by atoms with van der Waals surface area (Å²) in [4.78, 5) is 59.0. The molecule has 6 rings (SSSR count). The highest BCUT2D eigenvalue weighted by atomic mass is 16.7. The molecule has 15 nitrogen and oxygen atoms in total. The minimum Gasteiger partial charge on any atom is -0.508 e. The van der Waals surface area contributed by atoms with Gasteiger partial charge in [-0.1, -0.05) is 72.8 Å². The van der Waals surface area contributed by atoms with Crippen LogP contribution in [-0.4, -0.2) is 81.4 Å². The minimum atomic E-state index is -1.11. The number of phenolic OH excluding ortho intramolecular Hbond substituents is 1. The molecule has 4 aromatic rings. The summed E-state index contributed by atoms with van der Waals surface area (Å²) in [5.41, 5.74) is 2.08. The van der Waals surface area contributed by atoms with Crippen molar-refractivity contribution < 1.29 is 67.0 Å². The van der Waals surface area contributed by atoms with Crippen molar-refractivity contribution in [1.29, 1.82) is 0 Å². The van der Waals surface area contributed by atoms with Crippen molar-refractivity contribution >= 4 is 30.2 Å². The van der Waals surface area contributed by atoms with Crippen molar-refractivity contribution in [3.05, 3.63) is 125 Å². The number of aryl methyl sites for hydroxylation is 1. The molecule has 2 heterocycles. The van der Waals surface area contributed by atoms with E-state index in [2.05, 4.69) is 5.32 Å². The zero-order valence-corrected chi connectivity index (χ0v) is 33.1. The van der Waals surface area contributed by atoms with Crippen LogP contribution in [0, 0.1) is 17.8 Å². The van der Waals surface area contributed by atoms with Crippen LogP contribution in [0.15, 0.2) is 97.1 Å². The second-order valence-corrected chi connectivity index (χ2v) is 14.4. The Balaban J connectivity index is 0.000000266. The minimum absolute atomic E-state index is 0.0238. The van der Waals surface area contributed by atoms with Gasteiger partial charge in [-0.2, -0.15) is 0 Å². The van der Waals surface area contributed by atoms with Crippen LogP contribution in [0.1, 0.15) is 46.5 Å². The second-order valence-electron chi connectivity index (χ2n) is 14.4. The van der Waals surface area contributed by atoms with Crippen LogP contribution in [0.3, 0.4) is 0 Å². The Morgan fingerprint density at radius 2 is 1.20 bits per heavy atom. The Labute approximate surface area is 341 Å². The summed E-state index contributed by atoms with van der Waals surface area (Å²) in [6.45, 7) is 5.60. The predicted molar refractivity (Wildman–Crippen MR) is 210 cm³/mol. The first-order valence-electron chi connectivity index (χ1n) is 18.8. The largest absolute Gasteiger partial charge is 0.508 e. The predicted octanol–water partition coefficient (Wildman–Crippen LogP) is 6.25. The number of phenols is 1. The SMILES string of the molecule is CC1(C(=O)OCCOC(=O)c2ccc(OCc3ccccc3)c(OCc3ccccc3)c2)COC(=O)OC1.Cc1cc(CCNC(=O)C2(C)COC(=O)OC2)ccc1O. The van der Waals surface area contributed by atoms with Gasteiger partial charge in [-0.3, -0.25) is 9.59 Å². The van der Waals surface area contributed by atoms with Crippen LogP contribution in [-0.2, 0) is 57.6 Å². The number of hydrogen-bond donors (Lipinski definition) is 2. The first-order chi connectivity index (χ1) is 28.3. The van der Waals surface area contributed by atoms with Gasteiger partial charge in [-0.05, 0) is 73.7 Å². The zero-order valence-electron chi connectivity index (χ0n) is 33.1. The smallest absolute Gasteiger partial charge is 0.508 e. The summed E-state index contributed by atoms with van der Waals surface area (Å²) in [7, 11) is 0. The number of cyclic esters (lactones) is 4. The monoisotopic (exact) mass is 813 g/mol. The normalized spacial score (nSPS) is 15.0. The number of hydrogen-bond acceptors (Lipinski definition) is 14. The molecule has 0 bridgehead atoms. The Hall–Kier alpha value is -6.77. The van der Waals surface area contributed by atoms with Gasteiger partial charge < -0.3 is 48.3 Å². The first kappa shape index (κ1) is 43.4. The molecule has 0 atom stereocenters. The quantitative estimate of drug-likeness (QED) is 0.0778. The van der Waals surface area contributed by atoms with Crippen LogP contribution in [0.25, 0.3) is 0 Å². The van der Waals surface area contributed by atoms with Crippen LogP contribution in [0.4, 0.5) is 9.59 Å². The average Bonchev–Trinajstić information content (AvgIpc) is 3.25.